The predicted molar refractivity (Wildman–Crippen MR) is 101 cm³/mol. The van der Waals surface area contributed by atoms with Crippen molar-refractivity contribution in [2.45, 2.75) is 16.4 Å². The summed E-state index contributed by atoms with van der Waals surface area (Å²) in [6.45, 7) is 2.26. The van der Waals surface area contributed by atoms with Gasteiger partial charge in [-0.2, -0.15) is 0 Å². The van der Waals surface area contributed by atoms with Crippen LogP contribution in [0.25, 0.3) is 0 Å². The molecule has 0 radical (unpaired) electrons. The van der Waals surface area contributed by atoms with Crippen molar-refractivity contribution < 1.29 is 19.1 Å². The number of esters is 2. The number of hydrogen-bond acceptors (Lipinski definition) is 6. The molecule has 0 spiro atoms. The van der Waals surface area contributed by atoms with Gasteiger partial charge in [0.2, 0.25) is 0 Å². The summed E-state index contributed by atoms with van der Waals surface area (Å²) in [5.74, 6) is -0.000184. The van der Waals surface area contributed by atoms with Crippen LogP contribution in [0.3, 0.4) is 0 Å². The van der Waals surface area contributed by atoms with Gasteiger partial charge in [-0.15, -0.1) is 11.8 Å². The monoisotopic (exact) mass is 374 g/mol. The first-order chi connectivity index (χ1) is 12.1. The third-order valence-corrected chi connectivity index (χ3v) is 6.82. The molecule has 2 aromatic rings. The number of hydrogen-bond donors (Lipinski definition) is 0. The van der Waals surface area contributed by atoms with Crippen molar-refractivity contribution in [1.29, 1.82) is 0 Å². The lowest BCUT2D eigenvalue weighted by Gasteiger charge is -2.21. The highest BCUT2D eigenvalue weighted by molar-refractivity contribution is 8.21. The van der Waals surface area contributed by atoms with Gasteiger partial charge in [0.15, 0.2) is 5.44 Å². The van der Waals surface area contributed by atoms with Crippen molar-refractivity contribution >= 4 is 35.5 Å². The molecule has 2 unspecified atom stereocenters. The lowest BCUT2D eigenvalue weighted by Crippen LogP contribution is -2.24. The Bertz CT molecular complexity index is 736. The molecule has 0 aromatic heterocycles. The zero-order valence-electron chi connectivity index (χ0n) is 13.7. The lowest BCUT2D eigenvalue weighted by atomic mass is 10.2. The van der Waals surface area contributed by atoms with Crippen LogP contribution in [0.15, 0.2) is 60.7 Å². The average molecular weight is 374 g/mol. The van der Waals surface area contributed by atoms with Crippen LogP contribution < -0.4 is 0 Å². The zero-order valence-corrected chi connectivity index (χ0v) is 15.3. The van der Waals surface area contributed by atoms with Crippen molar-refractivity contribution in [3.05, 3.63) is 71.8 Å². The molecule has 0 bridgehead atoms. The Hall–Kier alpha value is -1.92. The largest absolute Gasteiger partial charge is 0.460 e. The number of ether oxygens (including phenoxy) is 2. The van der Waals surface area contributed by atoms with Crippen LogP contribution >= 0.6 is 23.5 Å². The molecule has 1 aliphatic rings. The number of thioether (sulfide) groups is 2. The summed E-state index contributed by atoms with van der Waals surface area (Å²) < 4.78 is 10.7. The van der Waals surface area contributed by atoms with Gasteiger partial charge in [0, 0.05) is 5.75 Å². The molecule has 130 valence electrons. The summed E-state index contributed by atoms with van der Waals surface area (Å²) in [5, 5.41) is 0. The van der Waals surface area contributed by atoms with Crippen LogP contribution in [-0.4, -0.2) is 33.8 Å². The van der Waals surface area contributed by atoms with Crippen LogP contribution in [0.2, 0.25) is 0 Å². The third kappa shape index (κ3) is 4.80. The van der Waals surface area contributed by atoms with E-state index in [9.17, 15) is 9.59 Å². The Morgan fingerprint density at radius 3 is 2.16 bits per heavy atom. The molecule has 1 heterocycles. The van der Waals surface area contributed by atoms with E-state index in [1.807, 2.05) is 19.1 Å². The first-order valence-corrected chi connectivity index (χ1v) is 9.72. The minimum Gasteiger partial charge on any atom is -0.460 e. The molecule has 0 N–H and O–H groups in total. The summed E-state index contributed by atoms with van der Waals surface area (Å²) in [4.78, 5) is 24.2. The van der Waals surface area contributed by atoms with Crippen molar-refractivity contribution in [2.75, 3.05) is 12.4 Å². The molecule has 3 rings (SSSR count). The first-order valence-electron chi connectivity index (χ1n) is 7.86. The Kier molecular flexibility index (Phi) is 5.71. The maximum absolute atomic E-state index is 12.1. The molecule has 0 aliphatic carbocycles. The summed E-state index contributed by atoms with van der Waals surface area (Å²) in [7, 11) is 0. The molecule has 2 atom stereocenters. The molecule has 2 aromatic carbocycles. The van der Waals surface area contributed by atoms with Gasteiger partial charge < -0.3 is 9.47 Å². The SMILES string of the molecule is CC1(COC(=O)c2ccccc2)SCC(OC(=O)c2ccccc2)S1. The summed E-state index contributed by atoms with van der Waals surface area (Å²) in [6.07, 6.45) is 0. The fraction of sp³-hybridized carbons (Fsp3) is 0.263. The van der Waals surface area contributed by atoms with E-state index in [-0.39, 0.29) is 28.1 Å². The normalized spacial score (nSPS) is 22.4. The minimum absolute atomic E-state index is 0.252. The molecule has 4 nitrogen and oxygen atoms in total. The molecular formula is C19H18O4S2. The number of carbonyl (C=O) groups excluding carboxylic acids is 2. The molecule has 6 heteroatoms. The fourth-order valence-electron chi connectivity index (χ4n) is 2.34. The molecule has 1 aliphatic heterocycles. The second-order valence-corrected chi connectivity index (χ2v) is 9.15. The van der Waals surface area contributed by atoms with Crippen LogP contribution in [0, 0.1) is 0 Å². The second-order valence-electron chi connectivity index (χ2n) is 5.71. The van der Waals surface area contributed by atoms with E-state index in [0.717, 1.165) is 0 Å². The van der Waals surface area contributed by atoms with Gasteiger partial charge in [-0.1, -0.05) is 48.2 Å². The van der Waals surface area contributed by atoms with Gasteiger partial charge >= 0.3 is 11.9 Å². The maximum Gasteiger partial charge on any atom is 0.339 e. The van der Waals surface area contributed by atoms with E-state index in [0.29, 0.717) is 16.9 Å². The van der Waals surface area contributed by atoms with Crippen LogP contribution in [-0.2, 0) is 9.47 Å². The maximum atomic E-state index is 12.1. The van der Waals surface area contributed by atoms with Gasteiger partial charge in [-0.05, 0) is 31.2 Å². The van der Waals surface area contributed by atoms with E-state index in [4.69, 9.17) is 9.47 Å². The number of carbonyl (C=O) groups is 2. The van der Waals surface area contributed by atoms with E-state index < -0.39 is 0 Å². The Balaban J connectivity index is 1.51. The van der Waals surface area contributed by atoms with Gasteiger partial charge in [-0.25, -0.2) is 9.59 Å². The molecule has 1 fully saturated rings. The molecule has 25 heavy (non-hydrogen) atoms. The average Bonchev–Trinajstić information content (AvgIpc) is 3.02. The Morgan fingerprint density at radius 2 is 1.56 bits per heavy atom. The van der Waals surface area contributed by atoms with E-state index >= 15 is 0 Å². The summed E-state index contributed by atoms with van der Waals surface area (Å²) in [5.41, 5.74) is 0.821. The summed E-state index contributed by atoms with van der Waals surface area (Å²) in [6, 6.07) is 17.8. The standard InChI is InChI=1S/C19H18O4S2/c1-19(13-22-17(20)14-8-4-2-5-9-14)24-12-16(25-19)23-18(21)15-10-6-3-7-11-15/h2-11,16H,12-13H2,1H3. The van der Waals surface area contributed by atoms with Crippen molar-refractivity contribution in [3.8, 4) is 0 Å². The second kappa shape index (κ2) is 7.97. The Labute approximate surface area is 155 Å². The van der Waals surface area contributed by atoms with E-state index in [2.05, 4.69) is 0 Å². The first kappa shape index (κ1) is 17.9. The topological polar surface area (TPSA) is 52.6 Å². The van der Waals surface area contributed by atoms with Crippen LogP contribution in [0.4, 0.5) is 0 Å². The molecule has 0 amide bonds. The highest BCUT2D eigenvalue weighted by Crippen LogP contribution is 2.48. The van der Waals surface area contributed by atoms with Gasteiger partial charge in [0.1, 0.15) is 6.61 Å². The molecule has 0 saturated carbocycles. The predicted octanol–water partition coefficient (Wildman–Crippen LogP) is 4.22. The molecular weight excluding hydrogens is 356 g/mol. The Morgan fingerprint density at radius 1 is 1.00 bits per heavy atom. The van der Waals surface area contributed by atoms with Crippen molar-refractivity contribution in [3.63, 3.8) is 0 Å². The van der Waals surface area contributed by atoms with Crippen molar-refractivity contribution in [2.24, 2.45) is 0 Å². The van der Waals surface area contributed by atoms with Crippen LogP contribution in [0.1, 0.15) is 27.6 Å². The summed E-state index contributed by atoms with van der Waals surface area (Å²) >= 11 is 3.15. The van der Waals surface area contributed by atoms with E-state index in [1.165, 1.54) is 11.8 Å². The van der Waals surface area contributed by atoms with Crippen LogP contribution in [0.5, 0.6) is 0 Å². The number of rotatable bonds is 5. The highest BCUT2D eigenvalue weighted by Gasteiger charge is 2.40. The van der Waals surface area contributed by atoms with E-state index in [1.54, 1.807) is 60.3 Å². The quantitative estimate of drug-likeness (QED) is 0.730. The van der Waals surface area contributed by atoms with Gasteiger partial charge in [0.25, 0.3) is 0 Å². The fourth-order valence-corrected chi connectivity index (χ4v) is 5.13. The van der Waals surface area contributed by atoms with Crippen molar-refractivity contribution in [1.82, 2.24) is 0 Å². The highest BCUT2D eigenvalue weighted by atomic mass is 32.2. The number of benzene rings is 2. The lowest BCUT2D eigenvalue weighted by molar-refractivity contribution is 0.0473. The smallest absolute Gasteiger partial charge is 0.339 e. The minimum atomic E-state index is -0.340. The molecule has 1 saturated heterocycles. The third-order valence-electron chi connectivity index (χ3n) is 3.63. The van der Waals surface area contributed by atoms with Gasteiger partial charge in [0.05, 0.1) is 15.2 Å². The van der Waals surface area contributed by atoms with Gasteiger partial charge in [-0.3, -0.25) is 0 Å². The zero-order chi connectivity index (χ0) is 17.7.